The van der Waals surface area contributed by atoms with Gasteiger partial charge in [0.15, 0.2) is 0 Å². The molecule has 1 aromatic rings. The molecule has 1 aromatic heterocycles. The van der Waals surface area contributed by atoms with E-state index in [1.807, 2.05) is 0 Å². The molecule has 110 valence electrons. The number of amides is 2. The smallest absolute Gasteiger partial charge is 0.338 e. The molecule has 0 saturated heterocycles. The summed E-state index contributed by atoms with van der Waals surface area (Å²) in [6.45, 7) is 3.59. The highest BCUT2D eigenvalue weighted by Crippen LogP contribution is 2.32. The first-order valence-electron chi connectivity index (χ1n) is 5.81. The fourth-order valence-electron chi connectivity index (χ4n) is 1.50. The van der Waals surface area contributed by atoms with Gasteiger partial charge in [-0.1, -0.05) is 0 Å². The van der Waals surface area contributed by atoms with E-state index in [2.05, 4.69) is 15.4 Å². The van der Waals surface area contributed by atoms with Gasteiger partial charge in [0.05, 0.1) is 19.1 Å². The third-order valence-electron chi connectivity index (χ3n) is 2.67. The van der Waals surface area contributed by atoms with Crippen molar-refractivity contribution < 1.29 is 24.2 Å². The van der Waals surface area contributed by atoms with E-state index in [9.17, 15) is 14.4 Å². The number of carbonyl (C=O) groups excluding carboxylic acids is 2. The van der Waals surface area contributed by atoms with Gasteiger partial charge in [-0.05, 0) is 19.4 Å². The number of carboxylic acid groups (broad SMARTS) is 1. The largest absolute Gasteiger partial charge is 0.478 e. The summed E-state index contributed by atoms with van der Waals surface area (Å²) < 4.78 is 4.43. The molecule has 20 heavy (non-hydrogen) atoms. The Morgan fingerprint density at radius 1 is 1.30 bits per heavy atom. The Kier molecular flexibility index (Phi) is 5.51. The SMILES string of the molecule is COC(=O)CCNC(=O)Nc1sc(C)c(C)c1C(=O)O. The van der Waals surface area contributed by atoms with Crippen LogP contribution in [0.25, 0.3) is 0 Å². The minimum atomic E-state index is -1.09. The van der Waals surface area contributed by atoms with Gasteiger partial charge in [-0.3, -0.25) is 10.1 Å². The minimum absolute atomic E-state index is 0.0538. The second-order valence-corrected chi connectivity index (χ2v) is 5.22. The lowest BCUT2D eigenvalue weighted by atomic mass is 10.1. The summed E-state index contributed by atoms with van der Waals surface area (Å²) in [6.07, 6.45) is 0.0538. The summed E-state index contributed by atoms with van der Waals surface area (Å²) in [7, 11) is 1.26. The highest BCUT2D eigenvalue weighted by Gasteiger charge is 2.20. The van der Waals surface area contributed by atoms with Crippen LogP contribution in [0.15, 0.2) is 0 Å². The fourth-order valence-corrected chi connectivity index (χ4v) is 2.55. The average molecular weight is 300 g/mol. The molecule has 0 saturated carbocycles. The van der Waals surface area contributed by atoms with Gasteiger partial charge < -0.3 is 15.2 Å². The van der Waals surface area contributed by atoms with Crippen LogP contribution >= 0.6 is 11.3 Å². The molecule has 0 aliphatic heterocycles. The van der Waals surface area contributed by atoms with E-state index >= 15 is 0 Å². The van der Waals surface area contributed by atoms with Crippen LogP contribution < -0.4 is 10.6 Å². The van der Waals surface area contributed by atoms with Crippen molar-refractivity contribution in [3.05, 3.63) is 16.0 Å². The number of ether oxygens (including phenoxy) is 1. The normalized spacial score (nSPS) is 9.95. The maximum Gasteiger partial charge on any atom is 0.338 e. The Hall–Kier alpha value is -2.09. The number of anilines is 1. The van der Waals surface area contributed by atoms with E-state index in [-0.39, 0.29) is 23.5 Å². The van der Waals surface area contributed by atoms with E-state index in [0.717, 1.165) is 4.88 Å². The van der Waals surface area contributed by atoms with Crippen molar-refractivity contribution in [2.24, 2.45) is 0 Å². The fraction of sp³-hybridized carbons (Fsp3) is 0.417. The van der Waals surface area contributed by atoms with Crippen molar-refractivity contribution in [2.75, 3.05) is 19.0 Å². The van der Waals surface area contributed by atoms with Crippen LogP contribution in [0.1, 0.15) is 27.2 Å². The highest BCUT2D eigenvalue weighted by molar-refractivity contribution is 7.16. The first-order valence-corrected chi connectivity index (χ1v) is 6.63. The number of aromatic carboxylic acids is 1. The Labute approximate surface area is 119 Å². The predicted octanol–water partition coefficient (Wildman–Crippen LogP) is 1.75. The molecular formula is C12H16N2O5S. The molecule has 7 nitrogen and oxygen atoms in total. The third-order valence-corrected chi connectivity index (χ3v) is 3.79. The monoisotopic (exact) mass is 300 g/mol. The third kappa shape index (κ3) is 3.95. The van der Waals surface area contributed by atoms with Crippen molar-refractivity contribution in [3.63, 3.8) is 0 Å². The van der Waals surface area contributed by atoms with Crippen molar-refractivity contribution >= 4 is 34.3 Å². The van der Waals surface area contributed by atoms with Gasteiger partial charge in [0.25, 0.3) is 0 Å². The molecule has 0 aromatic carbocycles. The van der Waals surface area contributed by atoms with Gasteiger partial charge in [0.2, 0.25) is 0 Å². The molecule has 0 radical (unpaired) electrons. The Balaban J connectivity index is 2.65. The molecule has 0 fully saturated rings. The molecule has 1 heterocycles. The molecule has 0 bridgehead atoms. The van der Waals surface area contributed by atoms with E-state index in [4.69, 9.17) is 5.11 Å². The van der Waals surface area contributed by atoms with E-state index < -0.39 is 18.0 Å². The van der Waals surface area contributed by atoms with E-state index in [1.54, 1.807) is 13.8 Å². The van der Waals surface area contributed by atoms with Gasteiger partial charge in [-0.15, -0.1) is 11.3 Å². The number of esters is 1. The first kappa shape index (κ1) is 16.0. The number of aryl methyl sites for hydroxylation is 1. The van der Waals surface area contributed by atoms with Crippen LogP contribution in [0.2, 0.25) is 0 Å². The molecular weight excluding hydrogens is 284 g/mol. The van der Waals surface area contributed by atoms with Crippen LogP contribution in [-0.2, 0) is 9.53 Å². The Morgan fingerprint density at radius 3 is 2.50 bits per heavy atom. The maximum atomic E-state index is 11.6. The van der Waals surface area contributed by atoms with Gasteiger partial charge >= 0.3 is 18.0 Å². The molecule has 2 amide bonds. The van der Waals surface area contributed by atoms with Crippen LogP contribution in [0, 0.1) is 13.8 Å². The topological polar surface area (TPSA) is 105 Å². The van der Waals surface area contributed by atoms with Crippen molar-refractivity contribution in [2.45, 2.75) is 20.3 Å². The van der Waals surface area contributed by atoms with Gasteiger partial charge in [0.1, 0.15) is 5.00 Å². The lowest BCUT2D eigenvalue weighted by Gasteiger charge is -2.06. The number of urea groups is 1. The van der Waals surface area contributed by atoms with Crippen LogP contribution in [0.3, 0.4) is 0 Å². The second-order valence-electron chi connectivity index (χ2n) is 4.00. The maximum absolute atomic E-state index is 11.6. The predicted molar refractivity (Wildman–Crippen MR) is 74.4 cm³/mol. The summed E-state index contributed by atoms with van der Waals surface area (Å²) >= 11 is 1.20. The number of thiophene rings is 1. The van der Waals surface area contributed by atoms with Crippen LogP contribution in [0.5, 0.6) is 0 Å². The minimum Gasteiger partial charge on any atom is -0.478 e. The molecule has 0 spiro atoms. The standard InChI is InChI=1S/C12H16N2O5S/c1-6-7(2)20-10(9(6)11(16)17)14-12(18)13-5-4-8(15)19-3/h4-5H2,1-3H3,(H,16,17)(H2,13,14,18). The Morgan fingerprint density at radius 2 is 1.95 bits per heavy atom. The lowest BCUT2D eigenvalue weighted by molar-refractivity contribution is -0.140. The van der Waals surface area contributed by atoms with Crippen molar-refractivity contribution in [1.82, 2.24) is 5.32 Å². The summed E-state index contributed by atoms with van der Waals surface area (Å²) in [5.41, 5.74) is 0.725. The van der Waals surface area contributed by atoms with Crippen LogP contribution in [0.4, 0.5) is 9.80 Å². The first-order chi connectivity index (χ1) is 9.36. The molecule has 0 aliphatic carbocycles. The number of rotatable bonds is 5. The summed E-state index contributed by atoms with van der Waals surface area (Å²) in [6, 6.07) is -0.558. The van der Waals surface area contributed by atoms with E-state index in [1.165, 1.54) is 18.4 Å². The molecule has 3 N–H and O–H groups in total. The van der Waals surface area contributed by atoms with Crippen molar-refractivity contribution in [1.29, 1.82) is 0 Å². The zero-order valence-electron chi connectivity index (χ0n) is 11.4. The highest BCUT2D eigenvalue weighted by atomic mass is 32.1. The van der Waals surface area contributed by atoms with Gasteiger partial charge in [0, 0.05) is 11.4 Å². The molecule has 0 atom stereocenters. The number of carbonyl (C=O) groups is 3. The lowest BCUT2D eigenvalue weighted by Crippen LogP contribution is -2.31. The van der Waals surface area contributed by atoms with Crippen molar-refractivity contribution in [3.8, 4) is 0 Å². The van der Waals surface area contributed by atoms with Crippen LogP contribution in [-0.4, -0.2) is 36.7 Å². The number of methoxy groups -OCH3 is 1. The summed E-state index contributed by atoms with van der Waals surface area (Å²) in [5, 5.41) is 14.3. The Bertz CT molecular complexity index is 538. The number of hydrogen-bond donors (Lipinski definition) is 3. The summed E-state index contributed by atoms with van der Waals surface area (Å²) in [5.74, 6) is -1.52. The number of carboxylic acids is 1. The number of hydrogen-bond acceptors (Lipinski definition) is 5. The zero-order valence-corrected chi connectivity index (χ0v) is 12.2. The molecule has 0 unspecified atom stereocenters. The van der Waals surface area contributed by atoms with E-state index in [0.29, 0.717) is 5.56 Å². The molecule has 1 rings (SSSR count). The zero-order chi connectivity index (χ0) is 15.3. The average Bonchev–Trinajstić information content (AvgIpc) is 2.64. The van der Waals surface area contributed by atoms with Gasteiger partial charge in [-0.2, -0.15) is 0 Å². The quantitative estimate of drug-likeness (QED) is 0.718. The summed E-state index contributed by atoms with van der Waals surface area (Å²) in [4.78, 5) is 34.5. The van der Waals surface area contributed by atoms with Gasteiger partial charge in [-0.25, -0.2) is 9.59 Å². The second kappa shape index (κ2) is 6.90. The number of nitrogens with one attached hydrogen (secondary N) is 2. The molecule has 8 heteroatoms. The molecule has 0 aliphatic rings.